The van der Waals surface area contributed by atoms with Gasteiger partial charge >= 0.3 is 0 Å². The normalized spacial score (nSPS) is 15.8. The van der Waals surface area contributed by atoms with E-state index >= 15 is 0 Å². The van der Waals surface area contributed by atoms with Crippen molar-refractivity contribution in [3.05, 3.63) is 65.2 Å². The van der Waals surface area contributed by atoms with E-state index in [1.54, 1.807) is 35.2 Å². The Labute approximate surface area is 155 Å². The Balaban J connectivity index is 1.62. The predicted octanol–water partition coefficient (Wildman–Crippen LogP) is 2.38. The van der Waals surface area contributed by atoms with Gasteiger partial charge in [0.2, 0.25) is 15.9 Å². The third-order valence-corrected chi connectivity index (χ3v) is 6.72. The highest BCUT2D eigenvalue weighted by atomic mass is 32.2. The summed E-state index contributed by atoms with van der Waals surface area (Å²) in [6, 6.07) is 14.5. The molecule has 0 aliphatic carbocycles. The maximum absolute atomic E-state index is 12.7. The first-order valence-corrected chi connectivity index (χ1v) is 10.2. The lowest BCUT2D eigenvalue weighted by Crippen LogP contribution is -2.50. The summed E-state index contributed by atoms with van der Waals surface area (Å²) in [6.07, 6.45) is 0.359. The fourth-order valence-corrected chi connectivity index (χ4v) is 4.68. The van der Waals surface area contributed by atoms with Gasteiger partial charge in [0.1, 0.15) is 0 Å². The average molecular weight is 372 g/mol. The molecule has 2 aromatic rings. The quantitative estimate of drug-likeness (QED) is 0.828. The number of aryl methyl sites for hydroxylation is 2. The van der Waals surface area contributed by atoms with E-state index in [2.05, 4.69) is 6.07 Å². The number of benzene rings is 2. The van der Waals surface area contributed by atoms with Crippen molar-refractivity contribution in [2.45, 2.75) is 25.2 Å². The van der Waals surface area contributed by atoms with E-state index in [1.165, 1.54) is 9.87 Å². The van der Waals surface area contributed by atoms with Crippen molar-refractivity contribution in [3.8, 4) is 0 Å². The topological polar surface area (TPSA) is 57.7 Å². The molecule has 0 unspecified atom stereocenters. The molecule has 1 amide bonds. The Kier molecular flexibility index (Phi) is 5.44. The van der Waals surface area contributed by atoms with Crippen LogP contribution in [0.4, 0.5) is 0 Å². The number of hydrogen-bond donors (Lipinski definition) is 0. The number of piperazine rings is 1. The maximum Gasteiger partial charge on any atom is 0.243 e. The van der Waals surface area contributed by atoms with E-state index in [1.807, 2.05) is 26.0 Å². The zero-order valence-corrected chi connectivity index (χ0v) is 16.0. The summed E-state index contributed by atoms with van der Waals surface area (Å²) in [5.74, 6) is 0.0497. The highest BCUT2D eigenvalue weighted by molar-refractivity contribution is 7.89. The van der Waals surface area contributed by atoms with Crippen molar-refractivity contribution in [2.24, 2.45) is 0 Å². The van der Waals surface area contributed by atoms with E-state index in [-0.39, 0.29) is 5.91 Å². The zero-order valence-electron chi connectivity index (χ0n) is 15.2. The minimum atomic E-state index is -3.49. The smallest absolute Gasteiger partial charge is 0.243 e. The molecule has 0 radical (unpaired) electrons. The lowest BCUT2D eigenvalue weighted by Gasteiger charge is -2.34. The van der Waals surface area contributed by atoms with Crippen LogP contribution in [0.5, 0.6) is 0 Å². The fraction of sp³-hybridized carbons (Fsp3) is 0.350. The molecular formula is C20H24N2O3S. The van der Waals surface area contributed by atoms with Crippen LogP contribution in [-0.4, -0.2) is 49.7 Å². The Bertz CT molecular complexity index is 887. The zero-order chi connectivity index (χ0) is 18.7. The molecule has 0 N–H and O–H groups in total. The van der Waals surface area contributed by atoms with E-state index in [4.69, 9.17) is 0 Å². The molecule has 6 heteroatoms. The Morgan fingerprint density at radius 2 is 1.62 bits per heavy atom. The third-order valence-electron chi connectivity index (χ3n) is 4.81. The van der Waals surface area contributed by atoms with Gasteiger partial charge in [-0.15, -0.1) is 0 Å². The molecule has 1 aliphatic heterocycles. The summed E-state index contributed by atoms with van der Waals surface area (Å²) >= 11 is 0. The first-order valence-electron chi connectivity index (χ1n) is 8.77. The van der Waals surface area contributed by atoms with Gasteiger partial charge in [-0.3, -0.25) is 4.79 Å². The van der Waals surface area contributed by atoms with Gasteiger partial charge in [0.25, 0.3) is 0 Å². The highest BCUT2D eigenvalue weighted by Gasteiger charge is 2.29. The van der Waals surface area contributed by atoms with E-state index in [0.29, 0.717) is 37.5 Å². The number of carbonyl (C=O) groups is 1. The summed E-state index contributed by atoms with van der Waals surface area (Å²) in [6.45, 7) is 5.56. The minimum Gasteiger partial charge on any atom is -0.340 e. The molecule has 1 heterocycles. The van der Waals surface area contributed by atoms with Crippen LogP contribution in [0, 0.1) is 13.8 Å². The van der Waals surface area contributed by atoms with E-state index < -0.39 is 10.0 Å². The number of nitrogens with zero attached hydrogens (tertiary/aromatic N) is 2. The Morgan fingerprint density at radius 3 is 2.23 bits per heavy atom. The molecule has 138 valence electrons. The molecule has 0 bridgehead atoms. The lowest BCUT2D eigenvalue weighted by molar-refractivity contribution is -0.131. The van der Waals surface area contributed by atoms with Crippen LogP contribution in [0.2, 0.25) is 0 Å². The molecule has 2 aromatic carbocycles. The van der Waals surface area contributed by atoms with Crippen LogP contribution in [-0.2, 0) is 21.2 Å². The number of rotatable bonds is 4. The summed E-state index contributed by atoms with van der Waals surface area (Å²) < 4.78 is 26.8. The Morgan fingerprint density at radius 1 is 0.962 bits per heavy atom. The lowest BCUT2D eigenvalue weighted by atomic mass is 10.0. The van der Waals surface area contributed by atoms with Crippen molar-refractivity contribution >= 4 is 15.9 Å². The molecule has 1 fully saturated rings. The fourth-order valence-electron chi connectivity index (χ4n) is 3.24. The van der Waals surface area contributed by atoms with Gasteiger partial charge in [-0.2, -0.15) is 4.31 Å². The molecule has 26 heavy (non-hydrogen) atoms. The van der Waals surface area contributed by atoms with Gasteiger partial charge in [0, 0.05) is 26.2 Å². The number of hydrogen-bond acceptors (Lipinski definition) is 3. The molecule has 3 rings (SSSR count). The summed E-state index contributed by atoms with van der Waals surface area (Å²) in [5.41, 5.74) is 3.32. The van der Waals surface area contributed by atoms with Crippen molar-refractivity contribution < 1.29 is 13.2 Å². The summed E-state index contributed by atoms with van der Waals surface area (Å²) in [4.78, 5) is 14.7. The molecule has 0 aromatic heterocycles. The minimum absolute atomic E-state index is 0.0497. The van der Waals surface area contributed by atoms with Crippen LogP contribution >= 0.6 is 0 Å². The standard InChI is InChI=1S/C20H24N2O3S/c1-16-8-9-18(17(2)14-16)15-20(23)21-10-12-22(13-11-21)26(24,25)19-6-4-3-5-7-19/h3-9,14H,10-13,15H2,1-2H3. The highest BCUT2D eigenvalue weighted by Crippen LogP contribution is 2.18. The Hall–Kier alpha value is -2.18. The molecule has 1 aliphatic rings. The van der Waals surface area contributed by atoms with Crippen LogP contribution in [0.1, 0.15) is 16.7 Å². The van der Waals surface area contributed by atoms with Crippen LogP contribution < -0.4 is 0 Å². The summed E-state index contributed by atoms with van der Waals surface area (Å²) in [7, 11) is -3.49. The molecule has 0 spiro atoms. The van der Waals surface area contributed by atoms with Crippen molar-refractivity contribution in [3.63, 3.8) is 0 Å². The number of sulfonamides is 1. The van der Waals surface area contributed by atoms with Gasteiger partial charge in [0.05, 0.1) is 11.3 Å². The van der Waals surface area contributed by atoms with Crippen molar-refractivity contribution in [1.82, 2.24) is 9.21 Å². The first-order chi connectivity index (χ1) is 12.4. The largest absolute Gasteiger partial charge is 0.340 e. The maximum atomic E-state index is 12.7. The van der Waals surface area contributed by atoms with Gasteiger partial charge in [0.15, 0.2) is 0 Å². The van der Waals surface area contributed by atoms with Crippen LogP contribution in [0.3, 0.4) is 0 Å². The molecule has 1 saturated heterocycles. The SMILES string of the molecule is Cc1ccc(CC(=O)N2CCN(S(=O)(=O)c3ccccc3)CC2)c(C)c1. The monoisotopic (exact) mass is 372 g/mol. The van der Waals surface area contributed by atoms with Crippen LogP contribution in [0.15, 0.2) is 53.4 Å². The average Bonchev–Trinajstić information content (AvgIpc) is 2.65. The third kappa shape index (κ3) is 3.97. The van der Waals surface area contributed by atoms with E-state index in [9.17, 15) is 13.2 Å². The molecule has 0 saturated carbocycles. The van der Waals surface area contributed by atoms with E-state index in [0.717, 1.165) is 11.1 Å². The van der Waals surface area contributed by atoms with Crippen molar-refractivity contribution in [1.29, 1.82) is 0 Å². The second kappa shape index (κ2) is 7.60. The van der Waals surface area contributed by atoms with Gasteiger partial charge in [-0.05, 0) is 37.1 Å². The summed E-state index contributed by atoms with van der Waals surface area (Å²) in [5, 5.41) is 0. The number of amides is 1. The molecular weight excluding hydrogens is 348 g/mol. The molecule has 0 atom stereocenters. The number of carbonyl (C=O) groups excluding carboxylic acids is 1. The van der Waals surface area contributed by atoms with Gasteiger partial charge in [-0.25, -0.2) is 8.42 Å². The first kappa shape index (κ1) is 18.6. The van der Waals surface area contributed by atoms with Crippen LogP contribution in [0.25, 0.3) is 0 Å². The molecule has 5 nitrogen and oxygen atoms in total. The second-order valence-electron chi connectivity index (χ2n) is 6.70. The van der Waals surface area contributed by atoms with Crippen molar-refractivity contribution in [2.75, 3.05) is 26.2 Å². The predicted molar refractivity (Wildman–Crippen MR) is 101 cm³/mol. The van der Waals surface area contributed by atoms with Gasteiger partial charge in [-0.1, -0.05) is 42.0 Å². The second-order valence-corrected chi connectivity index (χ2v) is 8.64. The van der Waals surface area contributed by atoms with Gasteiger partial charge < -0.3 is 4.90 Å².